The molecule has 0 bridgehead atoms. The van der Waals surface area contributed by atoms with Gasteiger partial charge in [-0.15, -0.1) is 0 Å². The topological polar surface area (TPSA) is 69.6 Å². The molecule has 16 heavy (non-hydrogen) atoms. The molecule has 1 atom stereocenters. The first-order chi connectivity index (χ1) is 7.40. The summed E-state index contributed by atoms with van der Waals surface area (Å²) in [7, 11) is 1.49. The third-order valence-electron chi connectivity index (χ3n) is 2.22. The summed E-state index contributed by atoms with van der Waals surface area (Å²) in [6.07, 6.45) is 2.26. The minimum absolute atomic E-state index is 0.369. The average Bonchev–Trinajstić information content (AvgIpc) is 2.17. The lowest BCUT2D eigenvalue weighted by atomic mass is 10.2. The van der Waals surface area contributed by atoms with Gasteiger partial charge in [0.05, 0.1) is 0 Å². The number of carbonyl (C=O) groups is 2. The largest absolute Gasteiger partial charge is 0.480 e. The fourth-order valence-electron chi connectivity index (χ4n) is 1.22. The summed E-state index contributed by atoms with van der Waals surface area (Å²) in [5, 5.41) is 11.5. The Morgan fingerprint density at radius 1 is 1.44 bits per heavy atom. The standard InChI is InChI=1S/C11H20N2O3/c1-5-9(10(14)15)13(4)11(16)12-7-6-8(2)3/h6,9H,5,7H2,1-4H3,(H,12,16)(H,14,15). The number of nitrogens with zero attached hydrogens (tertiary/aromatic N) is 1. The van der Waals surface area contributed by atoms with Gasteiger partial charge in [-0.25, -0.2) is 9.59 Å². The molecule has 1 unspecified atom stereocenters. The van der Waals surface area contributed by atoms with Crippen LogP contribution in [0.25, 0.3) is 0 Å². The molecule has 0 aliphatic rings. The second-order valence-corrected chi connectivity index (χ2v) is 3.84. The minimum atomic E-state index is -0.984. The van der Waals surface area contributed by atoms with Gasteiger partial charge in [0.2, 0.25) is 0 Å². The molecule has 0 aromatic heterocycles. The van der Waals surface area contributed by atoms with Crippen molar-refractivity contribution in [1.29, 1.82) is 0 Å². The third-order valence-corrected chi connectivity index (χ3v) is 2.22. The van der Waals surface area contributed by atoms with Crippen molar-refractivity contribution in [3.63, 3.8) is 0 Å². The molecule has 5 heteroatoms. The fraction of sp³-hybridized carbons (Fsp3) is 0.636. The quantitative estimate of drug-likeness (QED) is 0.700. The summed E-state index contributed by atoms with van der Waals surface area (Å²) in [6.45, 7) is 6.02. The maximum atomic E-state index is 11.6. The first-order valence-electron chi connectivity index (χ1n) is 5.27. The number of hydrogen-bond donors (Lipinski definition) is 2. The number of carboxylic acid groups (broad SMARTS) is 1. The maximum absolute atomic E-state index is 11.6. The number of rotatable bonds is 5. The zero-order valence-corrected chi connectivity index (χ0v) is 10.3. The van der Waals surface area contributed by atoms with E-state index in [1.54, 1.807) is 6.92 Å². The number of likely N-dealkylation sites (N-methyl/N-ethyl adjacent to an activating group) is 1. The van der Waals surface area contributed by atoms with E-state index in [1.165, 1.54) is 11.9 Å². The van der Waals surface area contributed by atoms with Crippen molar-refractivity contribution in [2.24, 2.45) is 0 Å². The van der Waals surface area contributed by atoms with Crippen molar-refractivity contribution in [3.8, 4) is 0 Å². The molecule has 2 N–H and O–H groups in total. The summed E-state index contributed by atoms with van der Waals surface area (Å²) >= 11 is 0. The van der Waals surface area contributed by atoms with Crippen molar-refractivity contribution < 1.29 is 14.7 Å². The van der Waals surface area contributed by atoms with Gasteiger partial charge in [0, 0.05) is 13.6 Å². The van der Waals surface area contributed by atoms with Crippen molar-refractivity contribution in [3.05, 3.63) is 11.6 Å². The molecule has 2 amide bonds. The number of amides is 2. The number of allylic oxidation sites excluding steroid dienone is 1. The van der Waals surface area contributed by atoms with Crippen LogP contribution in [0.5, 0.6) is 0 Å². The van der Waals surface area contributed by atoms with Crippen LogP contribution in [-0.2, 0) is 4.79 Å². The van der Waals surface area contributed by atoms with Crippen molar-refractivity contribution in [2.75, 3.05) is 13.6 Å². The van der Waals surface area contributed by atoms with Crippen LogP contribution in [0.4, 0.5) is 4.79 Å². The Morgan fingerprint density at radius 2 is 2.00 bits per heavy atom. The molecule has 5 nitrogen and oxygen atoms in total. The molecule has 0 saturated carbocycles. The SMILES string of the molecule is CCC(C(=O)O)N(C)C(=O)NCC=C(C)C. The molecule has 0 radical (unpaired) electrons. The second-order valence-electron chi connectivity index (χ2n) is 3.84. The van der Waals surface area contributed by atoms with E-state index in [-0.39, 0.29) is 6.03 Å². The molecule has 0 rings (SSSR count). The molecule has 0 aromatic rings. The molecule has 0 saturated heterocycles. The van der Waals surface area contributed by atoms with Crippen LogP contribution in [0.2, 0.25) is 0 Å². The van der Waals surface area contributed by atoms with Gasteiger partial charge in [-0.2, -0.15) is 0 Å². The van der Waals surface area contributed by atoms with Gasteiger partial charge in [-0.1, -0.05) is 18.6 Å². The minimum Gasteiger partial charge on any atom is -0.480 e. The summed E-state index contributed by atoms with van der Waals surface area (Å²) in [5.74, 6) is -0.984. The van der Waals surface area contributed by atoms with Crippen LogP contribution in [0, 0.1) is 0 Å². The highest BCUT2D eigenvalue weighted by Crippen LogP contribution is 2.02. The third kappa shape index (κ3) is 4.82. The highest BCUT2D eigenvalue weighted by molar-refractivity contribution is 5.82. The molecule has 0 fully saturated rings. The Balaban J connectivity index is 4.27. The van der Waals surface area contributed by atoms with E-state index in [9.17, 15) is 9.59 Å². The molecular formula is C11H20N2O3. The number of urea groups is 1. The summed E-state index contributed by atoms with van der Waals surface area (Å²) in [6, 6.07) is -1.14. The van der Waals surface area contributed by atoms with Gasteiger partial charge in [-0.3, -0.25) is 0 Å². The fourth-order valence-corrected chi connectivity index (χ4v) is 1.22. The van der Waals surface area contributed by atoms with E-state index in [0.29, 0.717) is 13.0 Å². The summed E-state index contributed by atoms with van der Waals surface area (Å²) in [4.78, 5) is 23.6. The van der Waals surface area contributed by atoms with E-state index < -0.39 is 12.0 Å². The molecule has 0 aromatic carbocycles. The van der Waals surface area contributed by atoms with Crippen molar-refractivity contribution in [1.82, 2.24) is 10.2 Å². The lowest BCUT2D eigenvalue weighted by Gasteiger charge is -2.23. The molecule has 0 spiro atoms. The Kier molecular flexibility index (Phi) is 6.22. The van der Waals surface area contributed by atoms with Crippen LogP contribution in [-0.4, -0.2) is 41.6 Å². The first kappa shape index (κ1) is 14.5. The van der Waals surface area contributed by atoms with Gasteiger partial charge < -0.3 is 15.3 Å². The molecule has 0 aliphatic carbocycles. The maximum Gasteiger partial charge on any atom is 0.326 e. The monoisotopic (exact) mass is 228 g/mol. The Hall–Kier alpha value is -1.52. The zero-order chi connectivity index (χ0) is 12.7. The Labute approximate surface area is 96.1 Å². The van der Waals surface area contributed by atoms with Gasteiger partial charge >= 0.3 is 12.0 Å². The lowest BCUT2D eigenvalue weighted by molar-refractivity contribution is -0.141. The lowest BCUT2D eigenvalue weighted by Crippen LogP contribution is -2.47. The molecule has 0 aliphatic heterocycles. The summed E-state index contributed by atoms with van der Waals surface area (Å²) in [5.41, 5.74) is 1.10. The number of nitrogens with one attached hydrogen (secondary N) is 1. The number of carbonyl (C=O) groups excluding carboxylic acids is 1. The normalized spacial score (nSPS) is 11.5. The predicted molar refractivity (Wildman–Crippen MR) is 62.3 cm³/mol. The van der Waals surface area contributed by atoms with Gasteiger partial charge in [-0.05, 0) is 20.3 Å². The van der Waals surface area contributed by atoms with Crippen molar-refractivity contribution in [2.45, 2.75) is 33.2 Å². The smallest absolute Gasteiger partial charge is 0.326 e. The zero-order valence-electron chi connectivity index (χ0n) is 10.3. The molecule has 92 valence electrons. The number of aliphatic carboxylic acids is 1. The van der Waals surface area contributed by atoms with E-state index in [2.05, 4.69) is 5.32 Å². The van der Waals surface area contributed by atoms with E-state index in [4.69, 9.17) is 5.11 Å². The number of carboxylic acids is 1. The average molecular weight is 228 g/mol. The highest BCUT2D eigenvalue weighted by atomic mass is 16.4. The van der Waals surface area contributed by atoms with Crippen molar-refractivity contribution >= 4 is 12.0 Å². The first-order valence-corrected chi connectivity index (χ1v) is 5.27. The molecule has 0 heterocycles. The Morgan fingerprint density at radius 3 is 2.38 bits per heavy atom. The van der Waals surface area contributed by atoms with Crippen LogP contribution in [0.1, 0.15) is 27.2 Å². The Bertz CT molecular complexity index is 283. The molecular weight excluding hydrogens is 208 g/mol. The van der Waals surface area contributed by atoms with Gasteiger partial charge in [0.25, 0.3) is 0 Å². The summed E-state index contributed by atoms with van der Waals surface area (Å²) < 4.78 is 0. The van der Waals surface area contributed by atoms with E-state index >= 15 is 0 Å². The van der Waals surface area contributed by atoms with Crippen LogP contribution >= 0.6 is 0 Å². The highest BCUT2D eigenvalue weighted by Gasteiger charge is 2.23. The van der Waals surface area contributed by atoms with Gasteiger partial charge in [0.15, 0.2) is 0 Å². The van der Waals surface area contributed by atoms with Gasteiger partial charge in [0.1, 0.15) is 6.04 Å². The van der Waals surface area contributed by atoms with E-state index in [1.807, 2.05) is 19.9 Å². The van der Waals surface area contributed by atoms with E-state index in [0.717, 1.165) is 5.57 Å². The number of hydrogen-bond acceptors (Lipinski definition) is 2. The second kappa shape index (κ2) is 6.87. The predicted octanol–water partition coefficient (Wildman–Crippen LogP) is 1.46. The van der Waals surface area contributed by atoms with Crippen LogP contribution < -0.4 is 5.32 Å². The van der Waals surface area contributed by atoms with Crippen LogP contribution in [0.3, 0.4) is 0 Å². The van der Waals surface area contributed by atoms with Crippen LogP contribution in [0.15, 0.2) is 11.6 Å².